The monoisotopic (exact) mass is 403 g/mol. The van der Waals surface area contributed by atoms with E-state index in [-0.39, 0.29) is 5.91 Å². The Hall–Kier alpha value is -0.680. The van der Waals surface area contributed by atoms with E-state index in [0.717, 1.165) is 15.7 Å². The summed E-state index contributed by atoms with van der Waals surface area (Å²) in [6.45, 7) is 0. The number of rotatable bonds is 5. The Bertz CT molecular complexity index is 631. The van der Waals surface area contributed by atoms with Gasteiger partial charge in [0, 0.05) is 20.3 Å². The molecule has 21 heavy (non-hydrogen) atoms. The van der Waals surface area contributed by atoms with Crippen molar-refractivity contribution in [3.05, 3.63) is 62.5 Å². The molecule has 1 N–H and O–H groups in total. The van der Waals surface area contributed by atoms with Gasteiger partial charge in [-0.1, -0.05) is 41.4 Å². The maximum atomic E-state index is 11.9. The molecule has 0 saturated carbocycles. The smallest absolute Gasteiger partial charge is 0.234 e. The first-order valence-corrected chi connectivity index (χ1v) is 8.83. The molecule has 0 atom stereocenters. The molecule has 0 spiro atoms. The van der Waals surface area contributed by atoms with Crippen molar-refractivity contribution in [2.75, 3.05) is 11.1 Å². The molecule has 0 aliphatic carbocycles. The van der Waals surface area contributed by atoms with Gasteiger partial charge in [-0.2, -0.15) is 0 Å². The second kappa shape index (κ2) is 8.08. The summed E-state index contributed by atoms with van der Waals surface area (Å²) < 4.78 is 0.859. The molecule has 0 unspecified atom stereocenters. The Morgan fingerprint density at radius 2 is 1.76 bits per heavy atom. The van der Waals surface area contributed by atoms with Gasteiger partial charge >= 0.3 is 0 Å². The molecule has 0 aliphatic rings. The largest absolute Gasteiger partial charge is 0.324 e. The third-order valence-corrected chi connectivity index (χ3v) is 5.05. The lowest BCUT2D eigenvalue weighted by Crippen LogP contribution is -2.14. The Kier molecular flexibility index (Phi) is 6.42. The second-order valence-electron chi connectivity index (χ2n) is 4.22. The molecule has 0 saturated heterocycles. The first kappa shape index (κ1) is 16.7. The average Bonchev–Trinajstić information content (AvgIpc) is 2.45. The van der Waals surface area contributed by atoms with Crippen LogP contribution in [-0.4, -0.2) is 11.7 Å². The summed E-state index contributed by atoms with van der Waals surface area (Å²) >= 11 is 17.0. The van der Waals surface area contributed by atoms with Crippen LogP contribution in [0.5, 0.6) is 0 Å². The van der Waals surface area contributed by atoms with E-state index in [4.69, 9.17) is 23.2 Å². The van der Waals surface area contributed by atoms with Gasteiger partial charge in [0.15, 0.2) is 0 Å². The zero-order valence-corrected chi connectivity index (χ0v) is 14.8. The van der Waals surface area contributed by atoms with E-state index in [9.17, 15) is 4.79 Å². The van der Waals surface area contributed by atoms with Gasteiger partial charge in [-0.15, -0.1) is 11.8 Å². The molecule has 0 radical (unpaired) electrons. The summed E-state index contributed by atoms with van der Waals surface area (Å²) in [6.07, 6.45) is 0. The molecule has 2 rings (SSSR count). The number of nitrogens with one attached hydrogen (secondary N) is 1. The van der Waals surface area contributed by atoms with Gasteiger partial charge in [0.25, 0.3) is 0 Å². The van der Waals surface area contributed by atoms with Gasteiger partial charge in [0.1, 0.15) is 0 Å². The third-order valence-electron chi connectivity index (χ3n) is 2.69. The number of carbonyl (C=O) groups excluding carboxylic acids is 1. The number of halogens is 3. The van der Waals surface area contributed by atoms with Crippen LogP contribution in [0.3, 0.4) is 0 Å². The highest BCUT2D eigenvalue weighted by atomic mass is 79.9. The minimum Gasteiger partial charge on any atom is -0.324 e. The SMILES string of the molecule is O=C(CSCc1c(Cl)cccc1Cl)Nc1ccccc1Br. The van der Waals surface area contributed by atoms with Crippen molar-refractivity contribution in [2.24, 2.45) is 0 Å². The number of hydrogen-bond donors (Lipinski definition) is 1. The summed E-state index contributed by atoms with van der Waals surface area (Å²) in [4.78, 5) is 11.9. The van der Waals surface area contributed by atoms with E-state index in [1.165, 1.54) is 11.8 Å². The lowest BCUT2D eigenvalue weighted by atomic mass is 10.2. The number of para-hydroxylation sites is 1. The number of amides is 1. The molecule has 0 aromatic heterocycles. The van der Waals surface area contributed by atoms with Crippen molar-refractivity contribution in [1.82, 2.24) is 0 Å². The first-order valence-electron chi connectivity index (χ1n) is 6.13. The zero-order valence-electron chi connectivity index (χ0n) is 10.9. The Labute approximate surface area is 146 Å². The molecule has 0 aliphatic heterocycles. The van der Waals surface area contributed by atoms with Gasteiger partial charge in [0.2, 0.25) is 5.91 Å². The number of anilines is 1. The Morgan fingerprint density at radius 1 is 1.10 bits per heavy atom. The Balaban J connectivity index is 1.86. The van der Waals surface area contributed by atoms with Gasteiger partial charge in [-0.3, -0.25) is 4.79 Å². The molecule has 0 bridgehead atoms. The van der Waals surface area contributed by atoms with E-state index in [0.29, 0.717) is 21.6 Å². The van der Waals surface area contributed by atoms with Crippen molar-refractivity contribution < 1.29 is 4.79 Å². The maximum Gasteiger partial charge on any atom is 0.234 e. The number of benzene rings is 2. The van der Waals surface area contributed by atoms with Gasteiger partial charge in [0.05, 0.1) is 11.4 Å². The first-order chi connectivity index (χ1) is 10.1. The van der Waals surface area contributed by atoms with Crippen LogP contribution < -0.4 is 5.32 Å². The van der Waals surface area contributed by atoms with Crippen molar-refractivity contribution in [3.63, 3.8) is 0 Å². The number of carbonyl (C=O) groups is 1. The minimum atomic E-state index is -0.0601. The highest BCUT2D eigenvalue weighted by molar-refractivity contribution is 9.10. The molecule has 2 nitrogen and oxygen atoms in total. The molecule has 0 heterocycles. The number of thioether (sulfide) groups is 1. The number of hydrogen-bond acceptors (Lipinski definition) is 2. The fourth-order valence-electron chi connectivity index (χ4n) is 1.66. The molecule has 2 aromatic carbocycles. The lowest BCUT2D eigenvalue weighted by molar-refractivity contribution is -0.113. The van der Waals surface area contributed by atoms with Crippen LogP contribution in [-0.2, 0) is 10.5 Å². The minimum absolute atomic E-state index is 0.0601. The van der Waals surface area contributed by atoms with E-state index >= 15 is 0 Å². The van der Waals surface area contributed by atoms with Gasteiger partial charge in [-0.05, 0) is 45.8 Å². The van der Waals surface area contributed by atoms with Crippen LogP contribution in [0.1, 0.15) is 5.56 Å². The van der Waals surface area contributed by atoms with E-state index in [2.05, 4.69) is 21.2 Å². The van der Waals surface area contributed by atoms with E-state index in [1.54, 1.807) is 18.2 Å². The van der Waals surface area contributed by atoms with Crippen molar-refractivity contribution in [3.8, 4) is 0 Å². The van der Waals surface area contributed by atoms with Gasteiger partial charge in [-0.25, -0.2) is 0 Å². The molecule has 0 fully saturated rings. The van der Waals surface area contributed by atoms with Crippen LogP contribution in [0.15, 0.2) is 46.9 Å². The lowest BCUT2D eigenvalue weighted by Gasteiger charge is -2.08. The zero-order chi connectivity index (χ0) is 15.2. The second-order valence-corrected chi connectivity index (χ2v) is 6.88. The van der Waals surface area contributed by atoms with Crippen LogP contribution in [0.4, 0.5) is 5.69 Å². The summed E-state index contributed by atoms with van der Waals surface area (Å²) in [5.41, 5.74) is 1.62. The predicted octanol–water partition coefficient (Wildman–Crippen LogP) is 5.63. The van der Waals surface area contributed by atoms with E-state index in [1.807, 2.05) is 24.3 Å². The normalized spacial score (nSPS) is 10.4. The highest BCUT2D eigenvalue weighted by Crippen LogP contribution is 2.28. The molecule has 110 valence electrons. The van der Waals surface area contributed by atoms with Crippen LogP contribution >= 0.6 is 50.9 Å². The molecular formula is C15H12BrCl2NOS. The van der Waals surface area contributed by atoms with Crippen LogP contribution in [0.25, 0.3) is 0 Å². The predicted molar refractivity (Wildman–Crippen MR) is 95.4 cm³/mol. The fraction of sp³-hybridized carbons (Fsp3) is 0.133. The van der Waals surface area contributed by atoms with Crippen molar-refractivity contribution in [1.29, 1.82) is 0 Å². The fourth-order valence-corrected chi connectivity index (χ4v) is 3.61. The maximum absolute atomic E-state index is 11.9. The summed E-state index contributed by atoms with van der Waals surface area (Å²) in [6, 6.07) is 12.9. The van der Waals surface area contributed by atoms with Crippen LogP contribution in [0, 0.1) is 0 Å². The van der Waals surface area contributed by atoms with Crippen molar-refractivity contribution in [2.45, 2.75) is 5.75 Å². The summed E-state index contributed by atoms with van der Waals surface area (Å²) in [5.74, 6) is 0.875. The molecular weight excluding hydrogens is 393 g/mol. The summed E-state index contributed by atoms with van der Waals surface area (Å²) in [7, 11) is 0. The molecule has 2 aromatic rings. The standard InChI is InChI=1S/C15H12BrCl2NOS/c16-11-4-1-2-7-14(11)19-15(20)9-21-8-10-12(17)5-3-6-13(10)18/h1-7H,8-9H2,(H,19,20). The van der Waals surface area contributed by atoms with E-state index < -0.39 is 0 Å². The quantitative estimate of drug-likeness (QED) is 0.699. The third kappa shape index (κ3) is 4.92. The Morgan fingerprint density at radius 3 is 2.43 bits per heavy atom. The van der Waals surface area contributed by atoms with Gasteiger partial charge < -0.3 is 5.32 Å². The van der Waals surface area contributed by atoms with Crippen molar-refractivity contribution >= 4 is 62.5 Å². The summed E-state index contributed by atoms with van der Waals surface area (Å²) in [5, 5.41) is 4.11. The molecule has 1 amide bonds. The molecule has 6 heteroatoms. The highest BCUT2D eigenvalue weighted by Gasteiger charge is 2.08. The average molecular weight is 405 g/mol. The van der Waals surface area contributed by atoms with Crippen LogP contribution in [0.2, 0.25) is 10.0 Å². The topological polar surface area (TPSA) is 29.1 Å².